The minimum Gasteiger partial charge on any atom is -0.309 e. The van der Waals surface area contributed by atoms with E-state index in [9.17, 15) is 0 Å². The Labute approximate surface area is 211 Å². The highest BCUT2D eigenvalue weighted by molar-refractivity contribution is 5.96. The molecule has 0 radical (unpaired) electrons. The number of nitrogens with zero attached hydrogens (tertiary/aromatic N) is 2. The topological polar surface area (TPSA) is 16.1 Å². The molecule has 0 spiro atoms. The zero-order chi connectivity index (χ0) is 24.0. The van der Waals surface area contributed by atoms with Crippen LogP contribution in [-0.2, 0) is 19.3 Å². The van der Waals surface area contributed by atoms with E-state index in [0.717, 1.165) is 19.3 Å². The maximum atomic E-state index is 4.51. The summed E-state index contributed by atoms with van der Waals surface area (Å²) in [5.41, 5.74) is 20.9. The SMILES string of the molecule is Cc1ccccc1-c1c(C)ccc2c1Cc1c3c(cc4c1N2c1ccncc1C4)-c1ccccc1C3. The van der Waals surface area contributed by atoms with Crippen LogP contribution in [0.5, 0.6) is 0 Å². The van der Waals surface area contributed by atoms with E-state index in [2.05, 4.69) is 103 Å². The van der Waals surface area contributed by atoms with E-state index in [4.69, 9.17) is 0 Å². The Morgan fingerprint density at radius 1 is 0.611 bits per heavy atom. The van der Waals surface area contributed by atoms with Gasteiger partial charge in [-0.1, -0.05) is 54.6 Å². The van der Waals surface area contributed by atoms with E-state index >= 15 is 0 Å². The molecule has 0 N–H and O–H groups in total. The first-order valence-corrected chi connectivity index (χ1v) is 12.9. The first-order valence-electron chi connectivity index (χ1n) is 12.9. The standard InChI is InChI=1S/C34H26N2/c1-20-7-3-5-9-25(20)33-21(2)11-12-32-30(33)18-29-28-16-22-8-4-6-10-26(22)27(28)17-23-15-24-19-35-14-13-31(24)36(32)34(23)29/h3-14,17,19H,15-16,18H2,1-2H3. The van der Waals surface area contributed by atoms with Gasteiger partial charge in [0.05, 0.1) is 17.1 Å². The Kier molecular flexibility index (Phi) is 4.00. The summed E-state index contributed by atoms with van der Waals surface area (Å²) in [5.74, 6) is 0. The fourth-order valence-corrected chi connectivity index (χ4v) is 6.90. The van der Waals surface area contributed by atoms with Crippen molar-refractivity contribution in [3.05, 3.63) is 130 Å². The monoisotopic (exact) mass is 462 g/mol. The molecule has 0 fully saturated rings. The Hall–Kier alpha value is -4.17. The van der Waals surface area contributed by atoms with Crippen LogP contribution in [0.3, 0.4) is 0 Å². The van der Waals surface area contributed by atoms with Crippen LogP contribution >= 0.6 is 0 Å². The van der Waals surface area contributed by atoms with E-state index < -0.39 is 0 Å². The van der Waals surface area contributed by atoms with Gasteiger partial charge in [-0.15, -0.1) is 0 Å². The summed E-state index contributed by atoms with van der Waals surface area (Å²) in [4.78, 5) is 7.06. The van der Waals surface area contributed by atoms with Crippen molar-refractivity contribution in [1.82, 2.24) is 4.98 Å². The molecule has 2 nitrogen and oxygen atoms in total. The number of hydrogen-bond acceptors (Lipinski definition) is 2. The van der Waals surface area contributed by atoms with Crippen LogP contribution < -0.4 is 4.90 Å². The van der Waals surface area contributed by atoms with Crippen molar-refractivity contribution < 1.29 is 0 Å². The number of hydrogen-bond donors (Lipinski definition) is 0. The highest BCUT2D eigenvalue weighted by atomic mass is 15.2. The first kappa shape index (κ1) is 20.1. The Bertz CT molecular complexity index is 1740. The van der Waals surface area contributed by atoms with Crippen molar-refractivity contribution in [2.75, 3.05) is 4.90 Å². The van der Waals surface area contributed by atoms with Crippen LogP contribution in [0.1, 0.15) is 44.5 Å². The summed E-state index contributed by atoms with van der Waals surface area (Å²) in [6, 6.07) is 27.1. The van der Waals surface area contributed by atoms with Gasteiger partial charge in [-0.2, -0.15) is 0 Å². The van der Waals surface area contributed by atoms with E-state index in [0.29, 0.717) is 0 Å². The maximum absolute atomic E-state index is 4.51. The average Bonchev–Trinajstić information content (AvgIpc) is 3.28. The van der Waals surface area contributed by atoms with Crippen LogP contribution in [0.4, 0.5) is 17.1 Å². The molecule has 3 heterocycles. The molecule has 0 saturated carbocycles. The Balaban J connectivity index is 1.47. The molecule has 2 aliphatic heterocycles. The molecule has 8 rings (SSSR count). The number of anilines is 3. The second-order valence-electron chi connectivity index (χ2n) is 10.5. The van der Waals surface area contributed by atoms with Gasteiger partial charge in [-0.25, -0.2) is 0 Å². The predicted molar refractivity (Wildman–Crippen MR) is 148 cm³/mol. The third-order valence-corrected chi connectivity index (χ3v) is 8.50. The van der Waals surface area contributed by atoms with Crippen molar-refractivity contribution in [2.24, 2.45) is 0 Å². The highest BCUT2D eigenvalue weighted by Crippen LogP contribution is 2.56. The van der Waals surface area contributed by atoms with Gasteiger partial charge < -0.3 is 4.90 Å². The number of rotatable bonds is 1. The van der Waals surface area contributed by atoms with Gasteiger partial charge in [0.15, 0.2) is 0 Å². The van der Waals surface area contributed by atoms with Crippen molar-refractivity contribution in [2.45, 2.75) is 33.1 Å². The molecule has 3 aliphatic rings. The molecular formula is C34H26N2. The zero-order valence-corrected chi connectivity index (χ0v) is 20.6. The maximum Gasteiger partial charge on any atom is 0.0535 e. The van der Waals surface area contributed by atoms with Gasteiger partial charge in [-0.05, 0) is 105 Å². The van der Waals surface area contributed by atoms with Gasteiger partial charge in [0.1, 0.15) is 0 Å². The molecule has 172 valence electrons. The normalized spacial score (nSPS) is 14.0. The summed E-state index contributed by atoms with van der Waals surface area (Å²) in [6.07, 6.45) is 6.92. The van der Waals surface area contributed by atoms with Crippen LogP contribution in [0.15, 0.2) is 85.2 Å². The van der Waals surface area contributed by atoms with E-state index in [1.165, 1.54) is 83.8 Å². The molecule has 0 amide bonds. The van der Waals surface area contributed by atoms with Crippen LogP contribution in [0.2, 0.25) is 0 Å². The molecular weight excluding hydrogens is 436 g/mol. The third kappa shape index (κ3) is 2.59. The lowest BCUT2D eigenvalue weighted by Crippen LogP contribution is -2.26. The third-order valence-electron chi connectivity index (χ3n) is 8.50. The quantitative estimate of drug-likeness (QED) is 0.244. The van der Waals surface area contributed by atoms with Crippen molar-refractivity contribution in [3.63, 3.8) is 0 Å². The Morgan fingerprint density at radius 2 is 1.44 bits per heavy atom. The summed E-state index contributed by atoms with van der Waals surface area (Å²) in [7, 11) is 0. The summed E-state index contributed by atoms with van der Waals surface area (Å²) in [5, 5.41) is 0. The molecule has 0 saturated heterocycles. The summed E-state index contributed by atoms with van der Waals surface area (Å²) >= 11 is 0. The predicted octanol–water partition coefficient (Wildman–Crippen LogP) is 8.21. The lowest BCUT2D eigenvalue weighted by atomic mass is 9.79. The Morgan fingerprint density at radius 3 is 2.33 bits per heavy atom. The number of aryl methyl sites for hydroxylation is 2. The molecule has 1 aromatic heterocycles. The highest BCUT2D eigenvalue weighted by Gasteiger charge is 2.37. The fraction of sp³-hybridized carbons (Fsp3) is 0.147. The summed E-state index contributed by atoms with van der Waals surface area (Å²) < 4.78 is 0. The van der Waals surface area contributed by atoms with Crippen molar-refractivity contribution in [3.8, 4) is 22.3 Å². The number of aromatic nitrogens is 1. The average molecular weight is 463 g/mol. The smallest absolute Gasteiger partial charge is 0.0535 e. The summed E-state index contributed by atoms with van der Waals surface area (Å²) in [6.45, 7) is 4.50. The lowest BCUT2D eigenvalue weighted by molar-refractivity contribution is 0.984. The van der Waals surface area contributed by atoms with Gasteiger partial charge in [0, 0.05) is 25.2 Å². The number of benzene rings is 4. The molecule has 0 bridgehead atoms. The minimum absolute atomic E-state index is 0.934. The number of fused-ring (bicyclic) bond motifs is 8. The number of pyridine rings is 1. The van der Waals surface area contributed by atoms with Gasteiger partial charge in [0.2, 0.25) is 0 Å². The second kappa shape index (κ2) is 7.18. The van der Waals surface area contributed by atoms with E-state index in [1.807, 2.05) is 6.20 Å². The van der Waals surface area contributed by atoms with Crippen molar-refractivity contribution >= 4 is 17.1 Å². The van der Waals surface area contributed by atoms with Crippen LogP contribution in [-0.4, -0.2) is 4.98 Å². The van der Waals surface area contributed by atoms with Gasteiger partial charge >= 0.3 is 0 Å². The molecule has 0 unspecified atom stereocenters. The van der Waals surface area contributed by atoms with Gasteiger partial charge in [0.25, 0.3) is 0 Å². The first-order chi connectivity index (χ1) is 17.7. The van der Waals surface area contributed by atoms with Gasteiger partial charge in [-0.3, -0.25) is 4.98 Å². The largest absolute Gasteiger partial charge is 0.309 e. The molecule has 0 atom stereocenters. The molecule has 36 heavy (non-hydrogen) atoms. The van der Waals surface area contributed by atoms with E-state index in [-0.39, 0.29) is 0 Å². The second-order valence-corrected chi connectivity index (χ2v) is 10.5. The van der Waals surface area contributed by atoms with Crippen molar-refractivity contribution in [1.29, 1.82) is 0 Å². The molecule has 5 aromatic rings. The van der Waals surface area contributed by atoms with Crippen LogP contribution in [0, 0.1) is 13.8 Å². The van der Waals surface area contributed by atoms with Crippen LogP contribution in [0.25, 0.3) is 22.3 Å². The zero-order valence-electron chi connectivity index (χ0n) is 20.6. The molecule has 2 heteroatoms. The molecule has 1 aliphatic carbocycles. The lowest BCUT2D eigenvalue weighted by Gasteiger charge is -2.41. The molecule has 4 aromatic carbocycles. The minimum atomic E-state index is 0.934. The fourth-order valence-electron chi connectivity index (χ4n) is 6.90. The van der Waals surface area contributed by atoms with E-state index in [1.54, 1.807) is 0 Å².